The molecule has 11 rings (SSSR count). The first kappa shape index (κ1) is 53.1. The quantitative estimate of drug-likeness (QED) is 0.0544. The van der Waals surface area contributed by atoms with Crippen molar-refractivity contribution in [3.8, 4) is 46.0 Å². The van der Waals surface area contributed by atoms with Crippen LogP contribution in [0.1, 0.15) is 66.5 Å². The topological polar surface area (TPSA) is 100 Å². The standard InChI is InChI=1S/C71H60O10/c72-71(59-36-60(73-44-51-22-8-1-9-23-51)40-61(37-59)74-45-52-24-10-2-11-25-52)81-68-43-63-64(76-47-54-28-14-4-15-29-54)41-62(75-46-53-26-12-3-13-27-53)42-65(63)80-69(68)58-38-66(77-48-55-30-16-5-17-31-55)70(79-50-57-34-20-7-21-35-57)67(39-58)78-49-56-32-18-6-19-33-56/h1-42,68-69H,43-50H2/t68-,69+/m0/s1. The molecule has 0 amide bonds. The molecule has 1 aliphatic heterocycles. The molecule has 0 unspecified atom stereocenters. The lowest BCUT2D eigenvalue weighted by Crippen LogP contribution is -2.35. The van der Waals surface area contributed by atoms with Gasteiger partial charge in [-0.25, -0.2) is 4.79 Å². The van der Waals surface area contributed by atoms with Crippen LogP contribution in [0.25, 0.3) is 0 Å². The Morgan fingerprint density at radius 3 is 1.07 bits per heavy atom. The fraction of sp³-hybridized carbons (Fsp3) is 0.141. The van der Waals surface area contributed by atoms with Crippen LogP contribution in [0.4, 0.5) is 0 Å². The second-order valence-electron chi connectivity index (χ2n) is 19.5. The van der Waals surface area contributed by atoms with E-state index in [4.69, 9.17) is 42.6 Å². The summed E-state index contributed by atoms with van der Waals surface area (Å²) in [6.07, 6.45) is -1.72. The fourth-order valence-corrected chi connectivity index (χ4v) is 9.36. The minimum atomic E-state index is -0.956. The van der Waals surface area contributed by atoms with E-state index in [1.807, 2.05) is 237 Å². The molecule has 0 aromatic heterocycles. The maximum Gasteiger partial charge on any atom is 0.338 e. The first-order valence-electron chi connectivity index (χ1n) is 27.1. The fourth-order valence-electron chi connectivity index (χ4n) is 9.36. The second-order valence-corrected chi connectivity index (χ2v) is 19.5. The molecule has 404 valence electrons. The lowest BCUT2D eigenvalue weighted by molar-refractivity contribution is -0.0191. The van der Waals surface area contributed by atoms with E-state index in [2.05, 4.69) is 0 Å². The lowest BCUT2D eigenvalue weighted by atomic mass is 9.93. The Bertz CT molecular complexity index is 3460. The molecule has 10 heteroatoms. The molecule has 1 aliphatic rings. The van der Waals surface area contributed by atoms with Crippen molar-refractivity contribution in [1.82, 2.24) is 0 Å². The van der Waals surface area contributed by atoms with Crippen LogP contribution in [-0.2, 0) is 57.4 Å². The molecule has 0 fully saturated rings. The Hall–Kier alpha value is -9.93. The molecule has 10 aromatic rings. The molecule has 10 nitrogen and oxygen atoms in total. The van der Waals surface area contributed by atoms with Gasteiger partial charge in [-0.3, -0.25) is 0 Å². The summed E-state index contributed by atoms with van der Waals surface area (Å²) in [6.45, 7) is 1.78. The average Bonchev–Trinajstić information content (AvgIpc) is 3.71. The first-order valence-corrected chi connectivity index (χ1v) is 27.1. The van der Waals surface area contributed by atoms with Gasteiger partial charge in [-0.2, -0.15) is 0 Å². The van der Waals surface area contributed by atoms with Crippen molar-refractivity contribution in [2.75, 3.05) is 0 Å². The normalized spacial score (nSPS) is 13.4. The second kappa shape index (κ2) is 26.6. The maximum absolute atomic E-state index is 15.1. The van der Waals surface area contributed by atoms with E-state index in [0.29, 0.717) is 63.7 Å². The Labute approximate surface area is 472 Å². The van der Waals surface area contributed by atoms with E-state index in [0.717, 1.165) is 38.9 Å². The molecular weight excluding hydrogens is 1010 g/mol. The SMILES string of the molecule is O=C(O[C@H]1Cc2c(OCc3ccccc3)cc(OCc3ccccc3)cc2O[C@@H]1c1cc(OCc2ccccc2)c(OCc2ccccc2)c(OCc2ccccc2)c1)c1cc(OCc2ccccc2)cc(OCc2ccccc2)c1. The third-order valence-electron chi connectivity index (χ3n) is 13.6. The van der Waals surface area contributed by atoms with Gasteiger partial charge in [0.1, 0.15) is 81.1 Å². The van der Waals surface area contributed by atoms with Crippen LogP contribution < -0.4 is 37.9 Å². The average molecular weight is 1070 g/mol. The van der Waals surface area contributed by atoms with Gasteiger partial charge in [0.2, 0.25) is 5.75 Å². The molecule has 2 atom stereocenters. The van der Waals surface area contributed by atoms with Gasteiger partial charge in [-0.15, -0.1) is 0 Å². The lowest BCUT2D eigenvalue weighted by Gasteiger charge is -2.35. The van der Waals surface area contributed by atoms with Gasteiger partial charge in [-0.05, 0) is 63.2 Å². The van der Waals surface area contributed by atoms with Gasteiger partial charge < -0.3 is 42.6 Å². The largest absolute Gasteiger partial charge is 0.489 e. The number of hydrogen-bond donors (Lipinski definition) is 0. The number of hydrogen-bond acceptors (Lipinski definition) is 10. The zero-order chi connectivity index (χ0) is 54.8. The summed E-state index contributed by atoms with van der Waals surface area (Å²) in [5.74, 6) is 3.03. The molecule has 0 saturated heterocycles. The molecule has 81 heavy (non-hydrogen) atoms. The molecule has 0 aliphatic carbocycles. The highest BCUT2D eigenvalue weighted by atomic mass is 16.6. The van der Waals surface area contributed by atoms with Gasteiger partial charge in [0.05, 0.1) is 5.56 Å². The van der Waals surface area contributed by atoms with Gasteiger partial charge in [-0.1, -0.05) is 212 Å². The molecule has 1 heterocycles. The van der Waals surface area contributed by atoms with E-state index in [9.17, 15) is 0 Å². The van der Waals surface area contributed by atoms with Crippen molar-refractivity contribution in [3.63, 3.8) is 0 Å². The Morgan fingerprint density at radius 2 is 0.691 bits per heavy atom. The van der Waals surface area contributed by atoms with Gasteiger partial charge in [0.15, 0.2) is 17.6 Å². The molecule has 0 saturated carbocycles. The zero-order valence-electron chi connectivity index (χ0n) is 44.6. The minimum Gasteiger partial charge on any atom is -0.489 e. The number of rotatable bonds is 24. The molecule has 0 spiro atoms. The van der Waals surface area contributed by atoms with Crippen molar-refractivity contribution >= 4 is 5.97 Å². The summed E-state index contributed by atoms with van der Waals surface area (Å²) < 4.78 is 60.2. The predicted octanol–water partition coefficient (Wildman–Crippen LogP) is 15.6. The number of carbonyl (C=O) groups is 1. The summed E-state index contributed by atoms with van der Waals surface area (Å²) in [4.78, 5) is 15.1. The molecular formula is C71H60O10. The van der Waals surface area contributed by atoms with E-state index in [-0.39, 0.29) is 51.6 Å². The summed E-state index contributed by atoms with van der Waals surface area (Å²) in [5.41, 5.74) is 8.28. The Morgan fingerprint density at radius 1 is 0.358 bits per heavy atom. The summed E-state index contributed by atoms with van der Waals surface area (Å²) in [7, 11) is 0. The first-order chi connectivity index (χ1) is 40.0. The molecule has 10 aromatic carbocycles. The Kier molecular flexibility index (Phi) is 17.4. The highest BCUT2D eigenvalue weighted by molar-refractivity contribution is 5.90. The van der Waals surface area contributed by atoms with E-state index in [1.165, 1.54) is 0 Å². The van der Waals surface area contributed by atoms with Crippen molar-refractivity contribution in [3.05, 3.63) is 310 Å². The van der Waals surface area contributed by atoms with Crippen LogP contribution in [0.15, 0.2) is 255 Å². The van der Waals surface area contributed by atoms with Gasteiger partial charge in [0, 0.05) is 35.7 Å². The van der Waals surface area contributed by atoms with Gasteiger partial charge in [0.25, 0.3) is 0 Å². The van der Waals surface area contributed by atoms with E-state index >= 15 is 4.79 Å². The molecule has 0 radical (unpaired) electrons. The summed E-state index contributed by atoms with van der Waals surface area (Å²) in [5, 5.41) is 0. The Balaban J connectivity index is 1.01. The number of ether oxygens (including phenoxy) is 9. The van der Waals surface area contributed by atoms with Crippen LogP contribution >= 0.6 is 0 Å². The molecule has 0 N–H and O–H groups in total. The van der Waals surface area contributed by atoms with Crippen molar-refractivity contribution in [2.24, 2.45) is 0 Å². The van der Waals surface area contributed by atoms with E-state index in [1.54, 1.807) is 18.2 Å². The minimum absolute atomic E-state index is 0.184. The highest BCUT2D eigenvalue weighted by Gasteiger charge is 2.38. The zero-order valence-corrected chi connectivity index (χ0v) is 44.6. The smallest absolute Gasteiger partial charge is 0.338 e. The van der Waals surface area contributed by atoms with Crippen LogP contribution in [-0.4, -0.2) is 12.1 Å². The summed E-state index contributed by atoms with van der Waals surface area (Å²) >= 11 is 0. The number of esters is 1. The molecule has 0 bridgehead atoms. The number of fused-ring (bicyclic) bond motifs is 1. The van der Waals surface area contributed by atoms with Crippen LogP contribution in [0.5, 0.6) is 46.0 Å². The van der Waals surface area contributed by atoms with Crippen molar-refractivity contribution in [1.29, 1.82) is 0 Å². The highest BCUT2D eigenvalue weighted by Crippen LogP contribution is 2.48. The van der Waals surface area contributed by atoms with Crippen molar-refractivity contribution in [2.45, 2.75) is 64.9 Å². The van der Waals surface area contributed by atoms with Crippen molar-refractivity contribution < 1.29 is 47.4 Å². The maximum atomic E-state index is 15.1. The third-order valence-corrected chi connectivity index (χ3v) is 13.6. The van der Waals surface area contributed by atoms with Gasteiger partial charge >= 0.3 is 5.97 Å². The van der Waals surface area contributed by atoms with Crippen LogP contribution in [0, 0.1) is 0 Å². The number of benzene rings is 10. The number of carbonyl (C=O) groups excluding carboxylic acids is 1. The monoisotopic (exact) mass is 1070 g/mol. The van der Waals surface area contributed by atoms with Crippen LogP contribution in [0.3, 0.4) is 0 Å². The van der Waals surface area contributed by atoms with E-state index < -0.39 is 18.2 Å². The summed E-state index contributed by atoms with van der Waals surface area (Å²) in [6, 6.07) is 82.1. The predicted molar refractivity (Wildman–Crippen MR) is 311 cm³/mol. The third kappa shape index (κ3) is 14.6. The van der Waals surface area contributed by atoms with Crippen LogP contribution in [0.2, 0.25) is 0 Å².